The molecule has 0 amide bonds. The molecule has 43 heavy (non-hydrogen) atoms. The van der Waals surface area contributed by atoms with Gasteiger partial charge in [0.2, 0.25) is 11.8 Å². The molecule has 2 aromatic carbocycles. The molecule has 0 radical (unpaired) electrons. The van der Waals surface area contributed by atoms with E-state index in [9.17, 15) is 15.0 Å². The summed E-state index contributed by atoms with van der Waals surface area (Å²) in [6, 6.07) is 18.9. The lowest BCUT2D eigenvalue weighted by molar-refractivity contribution is -0.145. The summed E-state index contributed by atoms with van der Waals surface area (Å²) in [5, 5.41) is 24.6. The number of benzene rings is 3. The lowest BCUT2D eigenvalue weighted by Crippen LogP contribution is -2.18. The highest BCUT2D eigenvalue weighted by Crippen LogP contribution is 2.42. The van der Waals surface area contributed by atoms with Crippen LogP contribution >= 0.6 is 0 Å². The smallest absolute Gasteiger partial charge is 0.333 e. The summed E-state index contributed by atoms with van der Waals surface area (Å²) in [5.41, 5.74) is 7.26. The second kappa shape index (κ2) is 12.9. The summed E-state index contributed by atoms with van der Waals surface area (Å²) >= 11 is 0. The molecule has 9 nitrogen and oxygen atoms in total. The number of aromatic hydroxyl groups is 2. The van der Waals surface area contributed by atoms with Crippen LogP contribution in [0.1, 0.15) is 44.2 Å². The van der Waals surface area contributed by atoms with Gasteiger partial charge in [-0.25, -0.2) is 4.79 Å². The molecule has 5 rings (SSSR count). The molecule has 3 N–H and O–H groups in total. The average Bonchev–Trinajstić information content (AvgIpc) is 3.30. The Hall–Kier alpha value is -4.92. The molecule has 0 unspecified atom stereocenters. The van der Waals surface area contributed by atoms with Crippen LogP contribution in [0.15, 0.2) is 70.1 Å². The Morgan fingerprint density at radius 3 is 2.40 bits per heavy atom. The van der Waals surface area contributed by atoms with E-state index in [1.165, 1.54) is 12.1 Å². The van der Waals surface area contributed by atoms with Crippen LogP contribution in [0.2, 0.25) is 0 Å². The Kier molecular flexibility index (Phi) is 8.90. The molecule has 2 aliphatic rings. The third kappa shape index (κ3) is 6.45. The minimum atomic E-state index is -0.557. The highest BCUT2D eigenvalue weighted by molar-refractivity contribution is 6.03. The van der Waals surface area contributed by atoms with E-state index in [1.807, 2.05) is 25.1 Å². The summed E-state index contributed by atoms with van der Waals surface area (Å²) in [6.45, 7) is 10.2. The van der Waals surface area contributed by atoms with Crippen LogP contribution in [0, 0.1) is 13.8 Å². The number of aromatic nitrogens is 1. The molecule has 0 bridgehead atoms. The topological polar surface area (TPSA) is 118 Å². The van der Waals surface area contributed by atoms with E-state index in [0.29, 0.717) is 30.7 Å². The number of ether oxygens (including phenoxy) is 1. The van der Waals surface area contributed by atoms with E-state index in [1.54, 1.807) is 0 Å². The first-order valence-electron chi connectivity index (χ1n) is 14.6. The molecule has 1 aromatic heterocycles. The van der Waals surface area contributed by atoms with Crippen LogP contribution in [0.4, 0.5) is 5.69 Å². The van der Waals surface area contributed by atoms with E-state index < -0.39 is 5.97 Å². The van der Waals surface area contributed by atoms with Crippen molar-refractivity contribution in [2.75, 3.05) is 25.0 Å². The number of hydrogen-bond donors (Lipinski definition) is 3. The van der Waals surface area contributed by atoms with Crippen LogP contribution in [-0.2, 0) is 4.79 Å². The second-order valence-corrected chi connectivity index (χ2v) is 10.4. The van der Waals surface area contributed by atoms with Gasteiger partial charge in [0, 0.05) is 66.0 Å². The van der Waals surface area contributed by atoms with Crippen molar-refractivity contribution in [3.8, 4) is 40.0 Å². The van der Waals surface area contributed by atoms with Crippen LogP contribution in [0.3, 0.4) is 0 Å². The van der Waals surface area contributed by atoms with Crippen LogP contribution in [-0.4, -0.2) is 40.6 Å². The maximum Gasteiger partial charge on any atom is 0.333 e. The number of unbranched alkanes of at least 4 members (excludes halogenated alkanes) is 1. The number of fused-ring (bicyclic) bond motifs is 2. The van der Waals surface area contributed by atoms with E-state index in [-0.39, 0.29) is 18.2 Å². The third-order valence-electron chi connectivity index (χ3n) is 7.26. The van der Waals surface area contributed by atoms with Crippen molar-refractivity contribution in [3.63, 3.8) is 0 Å². The van der Waals surface area contributed by atoms with Gasteiger partial charge in [-0.15, -0.1) is 4.73 Å². The Balaban J connectivity index is 1.34. The van der Waals surface area contributed by atoms with Gasteiger partial charge in [0.15, 0.2) is 0 Å². The molecule has 9 heteroatoms. The van der Waals surface area contributed by atoms with E-state index in [2.05, 4.69) is 61.4 Å². The zero-order valence-electron chi connectivity index (χ0n) is 24.9. The van der Waals surface area contributed by atoms with Crippen molar-refractivity contribution in [2.45, 2.75) is 47.0 Å². The number of nitrogens with zero attached hydrogens (tertiary/aromatic N) is 2. The molecule has 1 aliphatic heterocycles. The van der Waals surface area contributed by atoms with Gasteiger partial charge in [-0.2, -0.15) is 0 Å². The molecule has 3 aromatic rings. The number of anilines is 1. The number of rotatable bonds is 11. The van der Waals surface area contributed by atoms with Gasteiger partial charge in [0.1, 0.15) is 17.1 Å². The number of carbonyl (C=O) groups excluding carboxylic acids is 1. The molecule has 2 heterocycles. The van der Waals surface area contributed by atoms with E-state index in [4.69, 9.17) is 14.0 Å². The number of nitrogens with one attached hydrogen (secondary N) is 1. The largest absolute Gasteiger partial charge is 0.494 e. The quantitative estimate of drug-likeness (QED) is 0.119. The normalized spacial score (nSPS) is 11.8. The molecular weight excluding hydrogens is 546 g/mol. The molecular formula is C34H37N3O6. The summed E-state index contributed by atoms with van der Waals surface area (Å²) in [7, 11) is 0. The average molecular weight is 584 g/mol. The Morgan fingerprint density at radius 2 is 1.70 bits per heavy atom. The van der Waals surface area contributed by atoms with E-state index in [0.717, 1.165) is 67.9 Å². The fourth-order valence-electron chi connectivity index (χ4n) is 5.14. The van der Waals surface area contributed by atoms with E-state index >= 15 is 0 Å². The van der Waals surface area contributed by atoms with Crippen molar-refractivity contribution < 1.29 is 29.0 Å². The first kappa shape index (κ1) is 29.6. The fourth-order valence-corrected chi connectivity index (χ4v) is 5.14. The van der Waals surface area contributed by atoms with Crippen molar-refractivity contribution in [1.82, 2.24) is 4.73 Å². The second-order valence-electron chi connectivity index (χ2n) is 10.4. The van der Waals surface area contributed by atoms with Crippen molar-refractivity contribution in [3.05, 3.63) is 77.1 Å². The maximum absolute atomic E-state index is 12.0. The minimum absolute atomic E-state index is 0.125. The highest BCUT2D eigenvalue weighted by Gasteiger charge is 2.19. The molecule has 0 saturated heterocycles. The van der Waals surface area contributed by atoms with Gasteiger partial charge in [-0.3, -0.25) is 4.99 Å². The Labute approximate surface area is 250 Å². The molecule has 224 valence electrons. The van der Waals surface area contributed by atoms with Gasteiger partial charge >= 0.3 is 5.97 Å². The zero-order chi connectivity index (χ0) is 30.5. The predicted octanol–water partition coefficient (Wildman–Crippen LogP) is 6.59. The monoisotopic (exact) mass is 583 g/mol. The van der Waals surface area contributed by atoms with Crippen LogP contribution in [0.5, 0.6) is 17.5 Å². The SMILES string of the molecule is CCN=c1cc2oc3cc(NCC)c(C)cc3c(-c3ccc(OCCCCC(=O)On4c(O)ccc4O)cc3)c-2cc1C. The third-order valence-corrected chi connectivity index (χ3v) is 7.26. The Bertz CT molecular complexity index is 1770. The molecule has 0 saturated carbocycles. The number of hydrogen-bond acceptors (Lipinski definition) is 8. The summed E-state index contributed by atoms with van der Waals surface area (Å²) in [4.78, 5) is 21.7. The Morgan fingerprint density at radius 1 is 0.953 bits per heavy atom. The standard InChI is InChI=1S/C34H37N3O6/c1-5-35-27-19-29-25(17-21(27)3)34(26-18-22(4)28(36-6-2)20-30(26)42-29)23-10-12-24(13-11-23)41-16-8-7-9-33(40)43-37-31(38)14-15-32(37)39/h10-15,17-20,35,38-39H,5-9,16H2,1-4H3. The van der Waals surface area contributed by atoms with Crippen molar-refractivity contribution >= 4 is 22.6 Å². The fraction of sp³-hybridized carbons (Fsp3) is 0.294. The molecule has 0 fully saturated rings. The minimum Gasteiger partial charge on any atom is -0.494 e. The zero-order valence-corrected chi connectivity index (χ0v) is 24.9. The lowest BCUT2D eigenvalue weighted by atomic mass is 9.91. The number of aryl methyl sites for hydroxylation is 2. The lowest BCUT2D eigenvalue weighted by Gasteiger charge is -2.18. The van der Waals surface area contributed by atoms with Crippen LogP contribution in [0.25, 0.3) is 33.4 Å². The van der Waals surface area contributed by atoms with Crippen LogP contribution < -0.4 is 20.2 Å². The van der Waals surface area contributed by atoms with Gasteiger partial charge in [0.25, 0.3) is 0 Å². The van der Waals surface area contributed by atoms with Crippen molar-refractivity contribution in [1.29, 1.82) is 0 Å². The molecule has 0 atom stereocenters. The predicted molar refractivity (Wildman–Crippen MR) is 167 cm³/mol. The maximum atomic E-state index is 12.0. The van der Waals surface area contributed by atoms with Gasteiger partial charge in [-0.05, 0) is 81.5 Å². The highest BCUT2D eigenvalue weighted by atomic mass is 16.7. The summed E-state index contributed by atoms with van der Waals surface area (Å²) in [5.74, 6) is 0.271. The first-order valence-corrected chi connectivity index (χ1v) is 14.6. The van der Waals surface area contributed by atoms with Gasteiger partial charge in [0.05, 0.1) is 12.0 Å². The summed E-state index contributed by atoms with van der Waals surface area (Å²) < 4.78 is 13.1. The molecule has 0 spiro atoms. The summed E-state index contributed by atoms with van der Waals surface area (Å²) in [6.07, 6.45) is 1.29. The van der Waals surface area contributed by atoms with Gasteiger partial charge < -0.3 is 29.5 Å². The molecule has 1 aliphatic carbocycles. The number of carbonyl (C=O) groups is 1. The van der Waals surface area contributed by atoms with Crippen molar-refractivity contribution in [2.24, 2.45) is 4.99 Å². The van der Waals surface area contributed by atoms with Gasteiger partial charge in [-0.1, -0.05) is 12.1 Å². The first-order chi connectivity index (χ1) is 20.8.